The molecule has 0 radical (unpaired) electrons. The predicted molar refractivity (Wildman–Crippen MR) is 77.0 cm³/mol. The highest BCUT2D eigenvalue weighted by Gasteiger charge is 2.14. The standard InChI is InChI=1S/C16H13FN2O2/c1-11(20)14-9-19(15-5-3-2-4-13(14)15)10-16(21)18-7-6-12(17)8-18/h2-9H,10H2,1H3. The molecule has 106 valence electrons. The number of fused-ring (bicyclic) bond motifs is 1. The molecule has 0 atom stereocenters. The number of aromatic nitrogens is 2. The number of hydrogen-bond acceptors (Lipinski definition) is 2. The Morgan fingerprint density at radius 1 is 1.14 bits per heavy atom. The van der Waals surface area contributed by atoms with Gasteiger partial charge in [0.25, 0.3) is 5.91 Å². The van der Waals surface area contributed by atoms with Crippen LogP contribution >= 0.6 is 0 Å². The van der Waals surface area contributed by atoms with Crippen LogP contribution in [-0.2, 0) is 6.54 Å². The topological polar surface area (TPSA) is 44.0 Å². The highest BCUT2D eigenvalue weighted by molar-refractivity contribution is 6.07. The third-order valence-electron chi connectivity index (χ3n) is 3.42. The molecule has 5 heteroatoms. The van der Waals surface area contributed by atoms with E-state index in [1.807, 2.05) is 24.3 Å². The van der Waals surface area contributed by atoms with Crippen molar-refractivity contribution < 1.29 is 14.0 Å². The summed E-state index contributed by atoms with van der Waals surface area (Å²) in [5.41, 5.74) is 1.39. The molecule has 21 heavy (non-hydrogen) atoms. The van der Waals surface area contributed by atoms with Gasteiger partial charge < -0.3 is 4.57 Å². The number of para-hydroxylation sites is 1. The van der Waals surface area contributed by atoms with Gasteiger partial charge in [-0.2, -0.15) is 0 Å². The minimum Gasteiger partial charge on any atom is -0.337 e. The fourth-order valence-corrected chi connectivity index (χ4v) is 2.41. The number of Topliss-reactive ketones (excluding diaryl/α,β-unsaturated/α-hetero) is 1. The van der Waals surface area contributed by atoms with Gasteiger partial charge in [-0.3, -0.25) is 14.2 Å². The first kappa shape index (κ1) is 13.3. The first-order chi connectivity index (χ1) is 10.1. The summed E-state index contributed by atoms with van der Waals surface area (Å²) in [6, 6.07) is 8.63. The summed E-state index contributed by atoms with van der Waals surface area (Å²) in [5, 5.41) is 0.816. The van der Waals surface area contributed by atoms with Crippen LogP contribution in [0.4, 0.5) is 4.39 Å². The molecule has 0 unspecified atom stereocenters. The number of rotatable bonds is 3. The van der Waals surface area contributed by atoms with Crippen molar-refractivity contribution in [3.05, 3.63) is 60.3 Å². The summed E-state index contributed by atoms with van der Waals surface area (Å²) in [5.74, 6) is -0.774. The molecule has 0 aliphatic rings. The third kappa shape index (κ3) is 2.38. The van der Waals surface area contributed by atoms with E-state index in [2.05, 4.69) is 0 Å². The molecule has 0 saturated heterocycles. The van der Waals surface area contributed by atoms with Crippen molar-refractivity contribution in [1.29, 1.82) is 0 Å². The Balaban J connectivity index is 2.01. The molecule has 3 rings (SSSR count). The lowest BCUT2D eigenvalue weighted by atomic mass is 10.1. The lowest BCUT2D eigenvalue weighted by Crippen LogP contribution is -2.15. The van der Waals surface area contributed by atoms with Crippen molar-refractivity contribution >= 4 is 22.6 Å². The third-order valence-corrected chi connectivity index (χ3v) is 3.42. The molecule has 0 aliphatic heterocycles. The molecular formula is C16H13FN2O2. The van der Waals surface area contributed by atoms with Gasteiger partial charge in [0.2, 0.25) is 0 Å². The van der Waals surface area contributed by atoms with E-state index in [0.717, 1.165) is 17.1 Å². The minimum atomic E-state index is -0.454. The van der Waals surface area contributed by atoms with Crippen LogP contribution in [-0.4, -0.2) is 20.8 Å². The Labute approximate surface area is 120 Å². The maximum Gasteiger partial charge on any atom is 0.250 e. The summed E-state index contributed by atoms with van der Waals surface area (Å²) in [6.07, 6.45) is 4.19. The zero-order valence-corrected chi connectivity index (χ0v) is 11.4. The van der Waals surface area contributed by atoms with Crippen LogP contribution < -0.4 is 0 Å². The predicted octanol–water partition coefficient (Wildman–Crippen LogP) is 3.12. The molecule has 0 N–H and O–H groups in total. The van der Waals surface area contributed by atoms with E-state index in [1.165, 1.54) is 23.8 Å². The average molecular weight is 284 g/mol. The van der Waals surface area contributed by atoms with Crippen molar-refractivity contribution in [1.82, 2.24) is 9.13 Å². The maximum absolute atomic E-state index is 13.0. The van der Waals surface area contributed by atoms with E-state index in [4.69, 9.17) is 0 Å². The van der Waals surface area contributed by atoms with Crippen LogP contribution in [0, 0.1) is 5.82 Å². The second-order valence-electron chi connectivity index (χ2n) is 4.87. The summed E-state index contributed by atoms with van der Waals surface area (Å²) in [6.45, 7) is 1.54. The molecule has 4 nitrogen and oxygen atoms in total. The van der Waals surface area contributed by atoms with Gasteiger partial charge >= 0.3 is 0 Å². The number of ketones is 1. The number of carbonyl (C=O) groups is 2. The molecule has 1 aromatic carbocycles. The van der Waals surface area contributed by atoms with Gasteiger partial charge in [-0.05, 0) is 19.1 Å². The molecule has 0 fully saturated rings. The number of nitrogens with zero attached hydrogens (tertiary/aromatic N) is 2. The van der Waals surface area contributed by atoms with E-state index in [0.29, 0.717) is 5.56 Å². The first-order valence-electron chi connectivity index (χ1n) is 6.52. The molecule has 2 heterocycles. The van der Waals surface area contributed by atoms with Crippen LogP contribution in [0.25, 0.3) is 10.9 Å². The molecule has 0 amide bonds. The molecule has 2 aromatic heterocycles. The van der Waals surface area contributed by atoms with Gasteiger partial charge in [0.1, 0.15) is 12.4 Å². The zero-order chi connectivity index (χ0) is 15.0. The van der Waals surface area contributed by atoms with Crippen LogP contribution in [0.5, 0.6) is 0 Å². The van der Waals surface area contributed by atoms with Gasteiger partial charge in [-0.25, -0.2) is 4.39 Å². The Kier molecular flexibility index (Phi) is 3.17. The average Bonchev–Trinajstić information content (AvgIpc) is 3.04. The van der Waals surface area contributed by atoms with Crippen molar-refractivity contribution in [2.24, 2.45) is 0 Å². The van der Waals surface area contributed by atoms with Crippen molar-refractivity contribution in [3.63, 3.8) is 0 Å². The van der Waals surface area contributed by atoms with Crippen molar-refractivity contribution in [3.8, 4) is 0 Å². The fraction of sp³-hybridized carbons (Fsp3) is 0.125. The normalized spacial score (nSPS) is 11.0. The highest BCUT2D eigenvalue weighted by Crippen LogP contribution is 2.21. The maximum atomic E-state index is 13.0. The molecule has 3 aromatic rings. The lowest BCUT2D eigenvalue weighted by Gasteiger charge is -2.05. The van der Waals surface area contributed by atoms with E-state index in [9.17, 15) is 14.0 Å². The number of hydrogen-bond donors (Lipinski definition) is 0. The second kappa shape index (κ2) is 5.01. The Bertz CT molecular complexity index is 845. The molecule has 0 spiro atoms. The van der Waals surface area contributed by atoms with Crippen LogP contribution in [0.3, 0.4) is 0 Å². The highest BCUT2D eigenvalue weighted by atomic mass is 19.1. The van der Waals surface area contributed by atoms with E-state index < -0.39 is 5.82 Å². The Morgan fingerprint density at radius 3 is 2.57 bits per heavy atom. The van der Waals surface area contributed by atoms with Crippen LogP contribution in [0.15, 0.2) is 48.9 Å². The summed E-state index contributed by atoms with van der Waals surface area (Å²) in [4.78, 5) is 23.8. The Morgan fingerprint density at radius 2 is 1.90 bits per heavy atom. The van der Waals surface area contributed by atoms with E-state index in [1.54, 1.807) is 10.8 Å². The smallest absolute Gasteiger partial charge is 0.250 e. The fourth-order valence-electron chi connectivity index (χ4n) is 2.41. The summed E-state index contributed by atoms with van der Waals surface area (Å²) in [7, 11) is 0. The van der Waals surface area contributed by atoms with Gasteiger partial charge in [0.05, 0.1) is 0 Å². The Hall–Kier alpha value is -2.69. The lowest BCUT2D eigenvalue weighted by molar-refractivity contribution is 0.0891. The summed E-state index contributed by atoms with van der Waals surface area (Å²) >= 11 is 0. The molecule has 0 bridgehead atoms. The second-order valence-corrected chi connectivity index (χ2v) is 4.87. The van der Waals surface area contributed by atoms with Gasteiger partial charge in [0.15, 0.2) is 5.78 Å². The SMILES string of the molecule is CC(=O)c1cn(CC(=O)n2ccc(F)c2)c2ccccc12. The molecular weight excluding hydrogens is 271 g/mol. The van der Waals surface area contributed by atoms with Gasteiger partial charge in [-0.15, -0.1) is 0 Å². The molecule has 0 saturated carbocycles. The van der Waals surface area contributed by atoms with Crippen LogP contribution in [0.2, 0.25) is 0 Å². The van der Waals surface area contributed by atoms with E-state index in [-0.39, 0.29) is 18.2 Å². The first-order valence-corrected chi connectivity index (χ1v) is 6.52. The number of carbonyl (C=O) groups excluding carboxylic acids is 2. The van der Waals surface area contributed by atoms with Gasteiger partial charge in [-0.1, -0.05) is 18.2 Å². The number of halogens is 1. The number of benzene rings is 1. The summed E-state index contributed by atoms with van der Waals surface area (Å²) < 4.78 is 15.9. The van der Waals surface area contributed by atoms with Gasteiger partial charge in [0, 0.05) is 35.1 Å². The van der Waals surface area contributed by atoms with Crippen LogP contribution in [0.1, 0.15) is 22.1 Å². The van der Waals surface area contributed by atoms with E-state index >= 15 is 0 Å². The van der Waals surface area contributed by atoms with Crippen molar-refractivity contribution in [2.45, 2.75) is 13.5 Å². The monoisotopic (exact) mass is 284 g/mol. The van der Waals surface area contributed by atoms with Crippen molar-refractivity contribution in [2.75, 3.05) is 0 Å². The molecule has 0 aliphatic carbocycles. The zero-order valence-electron chi connectivity index (χ0n) is 11.4. The minimum absolute atomic E-state index is 0.0436. The quantitative estimate of drug-likeness (QED) is 0.694. The largest absolute Gasteiger partial charge is 0.337 e.